The van der Waals surface area contributed by atoms with Gasteiger partial charge in [0.2, 0.25) is 0 Å². The number of aromatic nitrogens is 4. The Labute approximate surface area is 147 Å². The normalized spacial score (nSPS) is 16.8. The lowest BCUT2D eigenvalue weighted by atomic mass is 10.1. The van der Waals surface area contributed by atoms with Crippen LogP contribution < -0.4 is 4.90 Å². The SMILES string of the molecule is CC(c1ccccc1)N1CCN(c2cc(-n3cccn3)ncn2)CC1. The van der Waals surface area contributed by atoms with Gasteiger partial charge in [0, 0.05) is 50.7 Å². The third-order valence-electron chi connectivity index (χ3n) is 4.85. The first-order chi connectivity index (χ1) is 12.3. The highest BCUT2D eigenvalue weighted by atomic mass is 15.3. The zero-order chi connectivity index (χ0) is 17.1. The molecule has 25 heavy (non-hydrogen) atoms. The molecule has 4 rings (SSSR count). The van der Waals surface area contributed by atoms with Crippen LogP contribution in [0.5, 0.6) is 0 Å². The lowest BCUT2D eigenvalue weighted by Crippen LogP contribution is -2.47. The maximum Gasteiger partial charge on any atom is 0.158 e. The van der Waals surface area contributed by atoms with Crippen LogP contribution in [0.4, 0.5) is 5.82 Å². The molecule has 1 fully saturated rings. The van der Waals surface area contributed by atoms with Crippen LogP contribution in [0.15, 0.2) is 61.2 Å². The Morgan fingerprint density at radius 2 is 1.68 bits per heavy atom. The third-order valence-corrected chi connectivity index (χ3v) is 4.85. The molecular weight excluding hydrogens is 312 g/mol. The second kappa shape index (κ2) is 7.03. The van der Waals surface area contributed by atoms with Gasteiger partial charge in [-0.2, -0.15) is 5.10 Å². The highest BCUT2D eigenvalue weighted by Crippen LogP contribution is 2.23. The summed E-state index contributed by atoms with van der Waals surface area (Å²) in [4.78, 5) is 13.6. The number of benzene rings is 1. The van der Waals surface area contributed by atoms with Gasteiger partial charge < -0.3 is 4.90 Å². The average Bonchev–Trinajstić information content (AvgIpc) is 3.23. The predicted molar refractivity (Wildman–Crippen MR) is 97.8 cm³/mol. The van der Waals surface area contributed by atoms with Gasteiger partial charge in [-0.1, -0.05) is 30.3 Å². The van der Waals surface area contributed by atoms with Crippen LogP contribution in [0.2, 0.25) is 0 Å². The number of hydrogen-bond donors (Lipinski definition) is 0. The van der Waals surface area contributed by atoms with Crippen LogP contribution in [-0.4, -0.2) is 50.8 Å². The van der Waals surface area contributed by atoms with Gasteiger partial charge in [-0.25, -0.2) is 14.6 Å². The van der Waals surface area contributed by atoms with E-state index < -0.39 is 0 Å². The van der Waals surface area contributed by atoms with Crippen LogP contribution in [0.3, 0.4) is 0 Å². The van der Waals surface area contributed by atoms with Crippen LogP contribution in [0.1, 0.15) is 18.5 Å². The van der Waals surface area contributed by atoms with E-state index >= 15 is 0 Å². The van der Waals surface area contributed by atoms with Gasteiger partial charge in [-0.15, -0.1) is 0 Å². The molecule has 0 amide bonds. The molecule has 1 atom stereocenters. The fourth-order valence-electron chi connectivity index (χ4n) is 3.32. The molecule has 1 aliphatic rings. The van der Waals surface area contributed by atoms with E-state index in [2.05, 4.69) is 62.1 Å². The molecule has 0 saturated carbocycles. The van der Waals surface area contributed by atoms with Gasteiger partial charge in [0.25, 0.3) is 0 Å². The molecule has 0 radical (unpaired) electrons. The maximum atomic E-state index is 4.46. The van der Waals surface area contributed by atoms with E-state index in [-0.39, 0.29) is 0 Å². The van der Waals surface area contributed by atoms with E-state index in [0.717, 1.165) is 37.8 Å². The smallest absolute Gasteiger partial charge is 0.158 e. The topological polar surface area (TPSA) is 50.1 Å². The Hall–Kier alpha value is -2.73. The predicted octanol–water partition coefficient (Wildman–Crippen LogP) is 2.55. The molecule has 0 aliphatic carbocycles. The van der Waals surface area contributed by atoms with Crippen LogP contribution in [-0.2, 0) is 0 Å². The van der Waals surface area contributed by atoms with E-state index in [9.17, 15) is 0 Å². The Morgan fingerprint density at radius 3 is 2.40 bits per heavy atom. The summed E-state index contributed by atoms with van der Waals surface area (Å²) in [6.45, 7) is 6.26. The Bertz CT molecular complexity index is 794. The molecule has 0 N–H and O–H groups in total. The van der Waals surface area contributed by atoms with Crippen LogP contribution in [0, 0.1) is 0 Å². The fourth-order valence-corrected chi connectivity index (χ4v) is 3.32. The van der Waals surface area contributed by atoms with Gasteiger partial charge in [-0.05, 0) is 18.6 Å². The second-order valence-corrected chi connectivity index (χ2v) is 6.29. The Kier molecular flexibility index (Phi) is 4.43. The molecule has 3 aromatic rings. The molecule has 6 heteroatoms. The van der Waals surface area contributed by atoms with E-state index in [1.165, 1.54) is 5.56 Å². The van der Waals surface area contributed by atoms with Crippen molar-refractivity contribution in [3.8, 4) is 5.82 Å². The third kappa shape index (κ3) is 3.39. The number of hydrogen-bond acceptors (Lipinski definition) is 5. The van der Waals surface area contributed by atoms with Crippen LogP contribution in [0.25, 0.3) is 5.82 Å². The summed E-state index contributed by atoms with van der Waals surface area (Å²) < 4.78 is 1.76. The van der Waals surface area contributed by atoms with Crippen molar-refractivity contribution in [2.24, 2.45) is 0 Å². The van der Waals surface area contributed by atoms with Gasteiger partial charge >= 0.3 is 0 Å². The zero-order valence-electron chi connectivity index (χ0n) is 14.4. The molecule has 1 unspecified atom stereocenters. The first-order valence-corrected chi connectivity index (χ1v) is 8.67. The Balaban J connectivity index is 1.43. The highest BCUT2D eigenvalue weighted by Gasteiger charge is 2.23. The van der Waals surface area contributed by atoms with Gasteiger partial charge in [0.15, 0.2) is 5.82 Å². The molecule has 6 nitrogen and oxygen atoms in total. The highest BCUT2D eigenvalue weighted by molar-refractivity contribution is 5.43. The molecule has 3 heterocycles. The van der Waals surface area contributed by atoms with Crippen molar-refractivity contribution in [3.05, 3.63) is 66.7 Å². The lowest BCUT2D eigenvalue weighted by Gasteiger charge is -2.38. The monoisotopic (exact) mass is 334 g/mol. The average molecular weight is 334 g/mol. The molecule has 0 bridgehead atoms. The molecule has 1 saturated heterocycles. The summed E-state index contributed by atoms with van der Waals surface area (Å²) in [5, 5.41) is 4.24. The van der Waals surface area contributed by atoms with Gasteiger partial charge in [0.05, 0.1) is 0 Å². The summed E-state index contributed by atoms with van der Waals surface area (Å²) in [6, 6.07) is 15.0. The summed E-state index contributed by atoms with van der Waals surface area (Å²) in [5.41, 5.74) is 1.37. The van der Waals surface area contributed by atoms with Crippen molar-refractivity contribution in [1.82, 2.24) is 24.6 Å². The molecule has 1 aliphatic heterocycles. The van der Waals surface area contributed by atoms with Crippen molar-refractivity contribution in [3.63, 3.8) is 0 Å². The van der Waals surface area contributed by atoms with E-state index in [1.54, 1.807) is 17.2 Å². The van der Waals surface area contributed by atoms with Gasteiger partial charge in [-0.3, -0.25) is 4.90 Å². The Morgan fingerprint density at radius 1 is 0.920 bits per heavy atom. The van der Waals surface area contributed by atoms with E-state index in [0.29, 0.717) is 6.04 Å². The first kappa shape index (κ1) is 15.8. The van der Waals surface area contributed by atoms with E-state index in [1.807, 2.05) is 18.3 Å². The van der Waals surface area contributed by atoms with E-state index in [4.69, 9.17) is 0 Å². The van der Waals surface area contributed by atoms with Gasteiger partial charge in [0.1, 0.15) is 12.1 Å². The maximum absolute atomic E-state index is 4.46. The molecule has 0 spiro atoms. The fraction of sp³-hybridized carbons (Fsp3) is 0.316. The summed E-state index contributed by atoms with van der Waals surface area (Å²) in [7, 11) is 0. The standard InChI is InChI=1S/C19H22N6/c1-16(17-6-3-2-4-7-17)23-10-12-24(13-11-23)18-14-19(21-15-20-18)25-9-5-8-22-25/h2-9,14-16H,10-13H2,1H3. The number of rotatable bonds is 4. The molecule has 2 aromatic heterocycles. The minimum absolute atomic E-state index is 0.438. The first-order valence-electron chi connectivity index (χ1n) is 8.67. The molecular formula is C19H22N6. The van der Waals surface area contributed by atoms with Crippen molar-refractivity contribution >= 4 is 5.82 Å². The molecule has 1 aromatic carbocycles. The summed E-state index contributed by atoms with van der Waals surface area (Å²) in [6.07, 6.45) is 5.27. The second-order valence-electron chi connectivity index (χ2n) is 6.29. The number of anilines is 1. The quantitative estimate of drug-likeness (QED) is 0.734. The lowest BCUT2D eigenvalue weighted by molar-refractivity contribution is 0.198. The summed E-state index contributed by atoms with van der Waals surface area (Å²) in [5.74, 6) is 1.77. The number of nitrogens with zero attached hydrogens (tertiary/aromatic N) is 6. The zero-order valence-corrected chi connectivity index (χ0v) is 14.4. The van der Waals surface area contributed by atoms with Crippen molar-refractivity contribution in [2.45, 2.75) is 13.0 Å². The molecule has 128 valence electrons. The largest absolute Gasteiger partial charge is 0.354 e. The van der Waals surface area contributed by atoms with Crippen molar-refractivity contribution < 1.29 is 0 Å². The van der Waals surface area contributed by atoms with Crippen molar-refractivity contribution in [2.75, 3.05) is 31.1 Å². The minimum atomic E-state index is 0.438. The van der Waals surface area contributed by atoms with Crippen LogP contribution >= 0.6 is 0 Å². The number of piperazine rings is 1. The summed E-state index contributed by atoms with van der Waals surface area (Å²) >= 11 is 0. The van der Waals surface area contributed by atoms with Crippen molar-refractivity contribution in [1.29, 1.82) is 0 Å². The minimum Gasteiger partial charge on any atom is -0.354 e.